The van der Waals surface area contributed by atoms with E-state index in [0.717, 1.165) is 64.2 Å². The maximum Gasteiger partial charge on any atom is 0.326 e. The van der Waals surface area contributed by atoms with Gasteiger partial charge in [-0.05, 0) is 84.1 Å². The van der Waals surface area contributed by atoms with E-state index in [9.17, 15) is 43.5 Å². The maximum absolute atomic E-state index is 13.0. The fourth-order valence-electron chi connectivity index (χ4n) is 8.43. The summed E-state index contributed by atoms with van der Waals surface area (Å²) < 4.78 is 10.9. The topological polar surface area (TPSA) is 268 Å². The van der Waals surface area contributed by atoms with Crippen LogP contribution in [0, 0.1) is 11.8 Å². The summed E-state index contributed by atoms with van der Waals surface area (Å²) in [5.74, 6) is -2.86. The van der Waals surface area contributed by atoms with Gasteiger partial charge in [0.25, 0.3) is 0 Å². The Balaban J connectivity index is 2.00. The summed E-state index contributed by atoms with van der Waals surface area (Å²) in [4.78, 5) is 95.7. The van der Waals surface area contributed by atoms with Crippen molar-refractivity contribution in [3.05, 3.63) is 0 Å². The van der Waals surface area contributed by atoms with E-state index < -0.39 is 18.0 Å². The summed E-state index contributed by atoms with van der Waals surface area (Å²) in [6.07, 6.45) is 24.7. The molecule has 18 nitrogen and oxygen atoms in total. The van der Waals surface area contributed by atoms with Gasteiger partial charge in [0.05, 0.1) is 32.5 Å². The van der Waals surface area contributed by atoms with Crippen LogP contribution in [0.4, 0.5) is 0 Å². The lowest BCUT2D eigenvalue weighted by molar-refractivity contribution is -0.143. The predicted molar refractivity (Wildman–Crippen MR) is 265 cm³/mol. The number of carboxylic acid groups (broad SMARTS) is 2. The molecule has 0 aliphatic heterocycles. The molecule has 0 unspecified atom stereocenters. The van der Waals surface area contributed by atoms with Crippen molar-refractivity contribution in [3.63, 3.8) is 0 Å². The standard InChI is InChI=1S/C51H92N6O12/c1-40(58)43(52-2)21-19-20-32-53-47(61)30-31-48(62)55-34-36-69-38-37-68-35-33-54-46(60)29-28-44(51(66)67)57-50(65)42-26-24-41(25-27-42)39-56-45(59)22-17-15-13-11-9-7-5-3-4-6-8-10-12-14-16-18-23-49(63)64/h41-44,52H,3-39H2,1-2H3,(H,53,61)(H,54,60)(H,55,62)(H,56,59)(H,57,65)(H,63,64)(H,66,67)/t41?,42?,43-,44-/m0/s1. The van der Waals surface area contributed by atoms with Crippen LogP contribution in [0.5, 0.6) is 0 Å². The van der Waals surface area contributed by atoms with Crippen LogP contribution < -0.4 is 31.9 Å². The molecular formula is C51H92N6O12. The summed E-state index contributed by atoms with van der Waals surface area (Å²) >= 11 is 0. The minimum atomic E-state index is -1.19. The van der Waals surface area contributed by atoms with Crippen molar-refractivity contribution in [2.24, 2.45) is 11.8 Å². The number of hydrogen-bond acceptors (Lipinski definition) is 11. The first-order chi connectivity index (χ1) is 33.3. The lowest BCUT2D eigenvalue weighted by Gasteiger charge is -2.28. The van der Waals surface area contributed by atoms with Gasteiger partial charge in [-0.25, -0.2) is 4.79 Å². The fourth-order valence-corrected chi connectivity index (χ4v) is 8.43. The molecular weight excluding hydrogens is 889 g/mol. The van der Waals surface area contributed by atoms with Crippen molar-refractivity contribution < 1.29 is 58.0 Å². The van der Waals surface area contributed by atoms with Crippen LogP contribution in [-0.4, -0.2) is 129 Å². The Morgan fingerprint density at radius 1 is 0.478 bits per heavy atom. The first-order valence-corrected chi connectivity index (χ1v) is 26.5. The summed E-state index contributed by atoms with van der Waals surface area (Å²) in [6, 6.07) is -1.34. The second kappa shape index (κ2) is 42.7. The molecule has 0 heterocycles. The molecule has 1 fully saturated rings. The first kappa shape index (κ1) is 62.9. The Kier molecular flexibility index (Phi) is 38.9. The third kappa shape index (κ3) is 37.4. The molecule has 0 radical (unpaired) electrons. The zero-order valence-electron chi connectivity index (χ0n) is 42.4. The number of ketones is 1. The highest BCUT2D eigenvalue weighted by Crippen LogP contribution is 2.29. The Hall–Kier alpha value is -4.16. The summed E-state index contributed by atoms with van der Waals surface area (Å²) in [6.45, 7) is 4.17. The average molecular weight is 981 g/mol. The number of aliphatic carboxylic acids is 2. The number of unbranched alkanes of at least 4 members (excludes halogenated alkanes) is 16. The Bertz CT molecular complexity index is 1440. The van der Waals surface area contributed by atoms with Crippen LogP contribution in [0.25, 0.3) is 0 Å². The van der Waals surface area contributed by atoms with Crippen molar-refractivity contribution in [1.29, 1.82) is 0 Å². The third-order valence-corrected chi connectivity index (χ3v) is 12.8. The number of carbonyl (C=O) groups excluding carboxylic acids is 6. The SMILES string of the molecule is CN[C@@H](CCCCNC(=O)CCC(=O)NCCOCCOCCNC(=O)CC[C@H](NC(=O)C1CCC(CNC(=O)CCCCCCCCCCCCCCCCCCC(=O)O)CC1)C(=O)O)C(C)=O. The number of carboxylic acids is 2. The second-order valence-corrected chi connectivity index (χ2v) is 18.7. The molecule has 0 saturated heterocycles. The predicted octanol–water partition coefficient (Wildman–Crippen LogP) is 5.87. The zero-order valence-corrected chi connectivity index (χ0v) is 42.4. The lowest BCUT2D eigenvalue weighted by Crippen LogP contribution is -2.45. The quantitative estimate of drug-likeness (QED) is 0.0332. The van der Waals surface area contributed by atoms with Crippen LogP contribution in [0.15, 0.2) is 0 Å². The van der Waals surface area contributed by atoms with E-state index in [2.05, 4.69) is 31.9 Å². The molecule has 1 rings (SSSR count). The number of Topliss-reactive ketones (excluding diaryl/α,β-unsaturated/α-hetero) is 1. The van der Waals surface area contributed by atoms with Crippen molar-refractivity contribution in [2.45, 2.75) is 205 Å². The van der Waals surface area contributed by atoms with E-state index in [0.29, 0.717) is 45.2 Å². The molecule has 0 aromatic rings. The number of carbonyl (C=O) groups is 8. The normalized spacial score (nSPS) is 15.4. The summed E-state index contributed by atoms with van der Waals surface area (Å²) in [5, 5.41) is 35.2. The van der Waals surface area contributed by atoms with E-state index in [1.54, 1.807) is 14.0 Å². The molecule has 1 saturated carbocycles. The van der Waals surface area contributed by atoms with Gasteiger partial charge in [0.15, 0.2) is 0 Å². The van der Waals surface area contributed by atoms with E-state index in [4.69, 9.17) is 14.6 Å². The number of ether oxygens (including phenoxy) is 2. The van der Waals surface area contributed by atoms with E-state index in [1.165, 1.54) is 64.2 Å². The number of nitrogens with one attached hydrogen (secondary N) is 6. The van der Waals surface area contributed by atoms with Crippen LogP contribution >= 0.6 is 0 Å². The molecule has 0 aromatic carbocycles. The lowest BCUT2D eigenvalue weighted by atomic mass is 9.81. The molecule has 0 spiro atoms. The van der Waals surface area contributed by atoms with Crippen LogP contribution in [-0.2, 0) is 47.8 Å². The Labute approximate surface area is 412 Å². The molecule has 1 aliphatic carbocycles. The van der Waals surface area contributed by atoms with Crippen LogP contribution in [0.3, 0.4) is 0 Å². The van der Waals surface area contributed by atoms with Gasteiger partial charge in [0.2, 0.25) is 29.5 Å². The van der Waals surface area contributed by atoms with Gasteiger partial charge in [-0.3, -0.25) is 33.6 Å². The van der Waals surface area contributed by atoms with E-state index in [1.807, 2.05) is 0 Å². The van der Waals surface area contributed by atoms with Gasteiger partial charge in [-0.1, -0.05) is 89.9 Å². The minimum Gasteiger partial charge on any atom is -0.481 e. The number of amides is 5. The molecule has 8 N–H and O–H groups in total. The smallest absolute Gasteiger partial charge is 0.326 e. The highest BCUT2D eigenvalue weighted by Gasteiger charge is 2.30. The van der Waals surface area contributed by atoms with Crippen molar-refractivity contribution in [2.75, 3.05) is 59.7 Å². The summed E-state index contributed by atoms with van der Waals surface area (Å²) in [5.41, 5.74) is 0. The fraction of sp³-hybridized carbons (Fsp3) is 0.843. The second-order valence-electron chi connectivity index (χ2n) is 18.7. The first-order valence-electron chi connectivity index (χ1n) is 26.5. The Morgan fingerprint density at radius 3 is 1.39 bits per heavy atom. The largest absolute Gasteiger partial charge is 0.481 e. The Morgan fingerprint density at radius 2 is 0.928 bits per heavy atom. The zero-order chi connectivity index (χ0) is 50.7. The molecule has 18 heteroatoms. The molecule has 0 bridgehead atoms. The van der Waals surface area contributed by atoms with E-state index >= 15 is 0 Å². The molecule has 398 valence electrons. The van der Waals surface area contributed by atoms with Gasteiger partial charge >= 0.3 is 11.9 Å². The molecule has 2 atom stereocenters. The highest BCUT2D eigenvalue weighted by molar-refractivity contribution is 5.86. The van der Waals surface area contributed by atoms with Gasteiger partial charge in [-0.2, -0.15) is 0 Å². The number of likely N-dealkylation sites (N-methyl/N-ethyl adjacent to an activating group) is 1. The minimum absolute atomic E-state index is 0.0438. The highest BCUT2D eigenvalue weighted by atomic mass is 16.5. The number of hydrogen-bond donors (Lipinski definition) is 8. The maximum atomic E-state index is 13.0. The number of rotatable bonds is 46. The third-order valence-electron chi connectivity index (χ3n) is 12.8. The van der Waals surface area contributed by atoms with Gasteiger partial charge in [0.1, 0.15) is 11.8 Å². The van der Waals surface area contributed by atoms with Gasteiger partial charge < -0.3 is 51.6 Å². The van der Waals surface area contributed by atoms with Gasteiger partial charge in [0, 0.05) is 64.2 Å². The molecule has 69 heavy (non-hydrogen) atoms. The van der Waals surface area contributed by atoms with Gasteiger partial charge in [-0.15, -0.1) is 0 Å². The molecule has 1 aliphatic rings. The van der Waals surface area contributed by atoms with Crippen LogP contribution in [0.2, 0.25) is 0 Å². The van der Waals surface area contributed by atoms with Crippen molar-refractivity contribution in [1.82, 2.24) is 31.9 Å². The monoisotopic (exact) mass is 981 g/mol. The van der Waals surface area contributed by atoms with E-state index in [-0.39, 0.29) is 118 Å². The van der Waals surface area contributed by atoms with Crippen LogP contribution in [0.1, 0.15) is 193 Å². The molecule has 5 amide bonds. The summed E-state index contributed by atoms with van der Waals surface area (Å²) in [7, 11) is 1.75. The van der Waals surface area contributed by atoms with Crippen molar-refractivity contribution >= 4 is 47.3 Å². The average Bonchev–Trinajstić information content (AvgIpc) is 3.32. The van der Waals surface area contributed by atoms with Crippen molar-refractivity contribution in [3.8, 4) is 0 Å². The molecule has 0 aromatic heterocycles.